The Hall–Kier alpha value is -2.90. The molecule has 1 saturated heterocycles. The Labute approximate surface area is 183 Å². The summed E-state index contributed by atoms with van der Waals surface area (Å²) in [6, 6.07) is 6.77. The second kappa shape index (κ2) is 11.5. The zero-order chi connectivity index (χ0) is 23.0. The molecule has 1 aliphatic heterocycles. The highest BCUT2D eigenvalue weighted by Gasteiger charge is 2.25. The van der Waals surface area contributed by atoms with Crippen molar-refractivity contribution < 1.29 is 23.9 Å². The molecule has 1 fully saturated rings. The van der Waals surface area contributed by atoms with Crippen molar-refractivity contribution in [2.24, 2.45) is 0 Å². The molecule has 0 saturated carbocycles. The van der Waals surface area contributed by atoms with Gasteiger partial charge in [0.05, 0.1) is 0 Å². The van der Waals surface area contributed by atoms with E-state index in [0.717, 1.165) is 24.9 Å². The van der Waals surface area contributed by atoms with Crippen molar-refractivity contribution in [3.63, 3.8) is 0 Å². The number of benzene rings is 1. The maximum Gasteiger partial charge on any atom is 0.325 e. The van der Waals surface area contributed by atoms with E-state index in [-0.39, 0.29) is 37.0 Å². The van der Waals surface area contributed by atoms with E-state index in [1.807, 2.05) is 27.7 Å². The summed E-state index contributed by atoms with van der Waals surface area (Å²) >= 11 is 0. The predicted octanol–water partition coefficient (Wildman–Crippen LogP) is 2.51. The Kier molecular flexibility index (Phi) is 9.03. The molecule has 1 N–H and O–H groups in total. The third kappa shape index (κ3) is 6.54. The van der Waals surface area contributed by atoms with Crippen molar-refractivity contribution in [1.82, 2.24) is 10.2 Å². The van der Waals surface area contributed by atoms with Crippen molar-refractivity contribution >= 4 is 29.4 Å². The standard InChI is InChI=1S/C23H33N3O5/c1-5-16(3)26(17(4)6-2)21(28)15-31-22(29)14-24-23(30)18-9-11-19(12-10-18)25-13-7-8-20(25)27/h9-12,16-17H,5-8,13-15H2,1-4H3,(H,24,30)/t16-,17-/m1/s1. The molecule has 1 aliphatic rings. The number of ether oxygens (including phenoxy) is 1. The lowest BCUT2D eigenvalue weighted by atomic mass is 10.1. The Bertz CT molecular complexity index is 783. The smallest absolute Gasteiger partial charge is 0.325 e. The summed E-state index contributed by atoms with van der Waals surface area (Å²) in [4.78, 5) is 52.0. The normalized spacial score (nSPS) is 15.4. The van der Waals surface area contributed by atoms with E-state index in [4.69, 9.17) is 4.74 Å². The molecule has 1 aromatic rings. The van der Waals surface area contributed by atoms with Gasteiger partial charge in [-0.2, -0.15) is 0 Å². The number of carbonyl (C=O) groups is 4. The SMILES string of the molecule is CC[C@@H](C)N(C(=O)COC(=O)CNC(=O)c1ccc(N2CCCC2=O)cc1)[C@H](C)CC. The fourth-order valence-corrected chi connectivity index (χ4v) is 3.56. The Morgan fingerprint density at radius 2 is 1.71 bits per heavy atom. The highest BCUT2D eigenvalue weighted by molar-refractivity contribution is 5.98. The summed E-state index contributed by atoms with van der Waals surface area (Å²) in [5.74, 6) is -1.26. The maximum atomic E-state index is 12.5. The topological polar surface area (TPSA) is 96.0 Å². The number of nitrogens with one attached hydrogen (secondary N) is 1. The van der Waals surface area contributed by atoms with Crippen LogP contribution in [-0.4, -0.2) is 60.4 Å². The third-order valence-corrected chi connectivity index (χ3v) is 5.68. The van der Waals surface area contributed by atoms with Gasteiger partial charge in [0.15, 0.2) is 6.61 Å². The molecule has 0 bridgehead atoms. The van der Waals surface area contributed by atoms with Crippen molar-refractivity contribution in [2.45, 2.75) is 65.5 Å². The van der Waals surface area contributed by atoms with Crippen molar-refractivity contribution in [1.29, 1.82) is 0 Å². The lowest BCUT2D eigenvalue weighted by molar-refractivity contribution is -0.153. The third-order valence-electron chi connectivity index (χ3n) is 5.68. The molecular weight excluding hydrogens is 398 g/mol. The van der Waals surface area contributed by atoms with Crippen LogP contribution in [0.3, 0.4) is 0 Å². The van der Waals surface area contributed by atoms with Crippen LogP contribution in [0.15, 0.2) is 24.3 Å². The predicted molar refractivity (Wildman–Crippen MR) is 118 cm³/mol. The Morgan fingerprint density at radius 3 is 2.23 bits per heavy atom. The highest BCUT2D eigenvalue weighted by Crippen LogP contribution is 2.21. The van der Waals surface area contributed by atoms with Gasteiger partial charge in [0, 0.05) is 36.3 Å². The molecule has 31 heavy (non-hydrogen) atoms. The van der Waals surface area contributed by atoms with Gasteiger partial charge in [-0.05, 0) is 57.4 Å². The quantitative estimate of drug-likeness (QED) is 0.574. The molecule has 1 aromatic carbocycles. The lowest BCUT2D eigenvalue weighted by Crippen LogP contribution is -2.46. The second-order valence-corrected chi connectivity index (χ2v) is 7.85. The molecule has 0 unspecified atom stereocenters. The summed E-state index contributed by atoms with van der Waals surface area (Å²) in [6.07, 6.45) is 2.99. The number of nitrogens with zero attached hydrogens (tertiary/aromatic N) is 2. The summed E-state index contributed by atoms with van der Waals surface area (Å²) in [7, 11) is 0. The van der Waals surface area contributed by atoms with Crippen LogP contribution < -0.4 is 10.2 Å². The van der Waals surface area contributed by atoms with Crippen LogP contribution in [0.1, 0.15) is 63.7 Å². The molecule has 1 heterocycles. The van der Waals surface area contributed by atoms with Crippen LogP contribution in [0.25, 0.3) is 0 Å². The number of rotatable bonds is 10. The minimum absolute atomic E-state index is 0.0553. The average molecular weight is 432 g/mol. The second-order valence-electron chi connectivity index (χ2n) is 7.85. The molecular formula is C23H33N3O5. The summed E-state index contributed by atoms with van der Waals surface area (Å²) in [5.41, 5.74) is 1.13. The first-order chi connectivity index (χ1) is 14.8. The van der Waals surface area contributed by atoms with Crippen LogP contribution >= 0.6 is 0 Å². The first kappa shape index (κ1) is 24.4. The van der Waals surface area contributed by atoms with E-state index < -0.39 is 11.9 Å². The largest absolute Gasteiger partial charge is 0.454 e. The molecule has 0 radical (unpaired) electrons. The van der Waals surface area contributed by atoms with E-state index in [9.17, 15) is 19.2 Å². The molecule has 170 valence electrons. The van der Waals surface area contributed by atoms with Crippen molar-refractivity contribution in [3.05, 3.63) is 29.8 Å². The Balaban J connectivity index is 1.81. The van der Waals surface area contributed by atoms with Crippen LogP contribution in [0.5, 0.6) is 0 Å². The highest BCUT2D eigenvalue weighted by atomic mass is 16.5. The number of hydrogen-bond donors (Lipinski definition) is 1. The average Bonchev–Trinajstić information content (AvgIpc) is 3.21. The molecule has 0 spiro atoms. The monoisotopic (exact) mass is 431 g/mol. The molecule has 2 rings (SSSR count). The number of carbonyl (C=O) groups excluding carboxylic acids is 4. The first-order valence-corrected chi connectivity index (χ1v) is 10.9. The van der Waals surface area contributed by atoms with Gasteiger partial charge in [0.2, 0.25) is 5.91 Å². The summed E-state index contributed by atoms with van der Waals surface area (Å²) < 4.78 is 5.07. The fraction of sp³-hybridized carbons (Fsp3) is 0.565. The van der Waals surface area contributed by atoms with Gasteiger partial charge in [-0.1, -0.05) is 13.8 Å². The van der Waals surface area contributed by atoms with Gasteiger partial charge in [-0.3, -0.25) is 19.2 Å². The maximum absolute atomic E-state index is 12.5. The number of esters is 1. The first-order valence-electron chi connectivity index (χ1n) is 10.9. The van der Waals surface area contributed by atoms with Gasteiger partial charge >= 0.3 is 5.97 Å². The van der Waals surface area contributed by atoms with Gasteiger partial charge in [0.1, 0.15) is 6.54 Å². The number of hydrogen-bond acceptors (Lipinski definition) is 5. The van der Waals surface area contributed by atoms with Crippen LogP contribution in [0.2, 0.25) is 0 Å². The molecule has 8 nitrogen and oxygen atoms in total. The van der Waals surface area contributed by atoms with Crippen molar-refractivity contribution in [2.75, 3.05) is 24.6 Å². The van der Waals surface area contributed by atoms with Crippen LogP contribution in [-0.2, 0) is 19.1 Å². The van der Waals surface area contributed by atoms with E-state index in [1.54, 1.807) is 34.1 Å². The lowest BCUT2D eigenvalue weighted by Gasteiger charge is -2.33. The van der Waals surface area contributed by atoms with E-state index >= 15 is 0 Å². The molecule has 2 atom stereocenters. The summed E-state index contributed by atoms with van der Waals surface area (Å²) in [5, 5.41) is 2.50. The molecule has 8 heteroatoms. The van der Waals surface area contributed by atoms with Crippen LogP contribution in [0.4, 0.5) is 5.69 Å². The van der Waals surface area contributed by atoms with Crippen LogP contribution in [0, 0.1) is 0 Å². The number of anilines is 1. The van der Waals surface area contributed by atoms with Gasteiger partial charge in [-0.15, -0.1) is 0 Å². The minimum Gasteiger partial charge on any atom is -0.454 e. The van der Waals surface area contributed by atoms with Gasteiger partial charge in [-0.25, -0.2) is 0 Å². The molecule has 3 amide bonds. The van der Waals surface area contributed by atoms with E-state index in [2.05, 4.69) is 5.32 Å². The zero-order valence-corrected chi connectivity index (χ0v) is 18.8. The van der Waals surface area contributed by atoms with Crippen molar-refractivity contribution in [3.8, 4) is 0 Å². The van der Waals surface area contributed by atoms with E-state index in [1.165, 1.54) is 0 Å². The Morgan fingerprint density at radius 1 is 1.10 bits per heavy atom. The van der Waals surface area contributed by atoms with E-state index in [0.29, 0.717) is 18.5 Å². The zero-order valence-electron chi connectivity index (χ0n) is 18.8. The minimum atomic E-state index is -0.672. The molecule has 0 aromatic heterocycles. The van der Waals surface area contributed by atoms with Gasteiger partial charge in [0.25, 0.3) is 11.8 Å². The molecule has 0 aliphatic carbocycles. The fourth-order valence-electron chi connectivity index (χ4n) is 3.56. The summed E-state index contributed by atoms with van der Waals surface area (Å²) in [6.45, 7) is 7.95. The van der Waals surface area contributed by atoms with Gasteiger partial charge < -0.3 is 19.9 Å². The number of amides is 3.